The molecule has 0 aliphatic carbocycles. The molecular formula is C34H35N3O4. The van der Waals surface area contributed by atoms with Gasteiger partial charge in [0.15, 0.2) is 0 Å². The lowest BCUT2D eigenvalue weighted by molar-refractivity contribution is 0.0733. The van der Waals surface area contributed by atoms with Crippen LogP contribution in [-0.4, -0.2) is 30.7 Å². The van der Waals surface area contributed by atoms with Gasteiger partial charge in [-0.2, -0.15) is 0 Å². The molecule has 0 unspecified atom stereocenters. The van der Waals surface area contributed by atoms with E-state index in [-0.39, 0.29) is 5.54 Å². The van der Waals surface area contributed by atoms with E-state index in [4.69, 9.17) is 14.2 Å². The van der Waals surface area contributed by atoms with Crippen molar-refractivity contribution in [1.82, 2.24) is 4.98 Å². The van der Waals surface area contributed by atoms with Crippen molar-refractivity contribution in [3.8, 4) is 28.4 Å². The summed E-state index contributed by atoms with van der Waals surface area (Å²) in [4.78, 5) is 17.0. The number of rotatable bonds is 8. The van der Waals surface area contributed by atoms with Crippen LogP contribution in [0.1, 0.15) is 48.0 Å². The first-order valence-electron chi connectivity index (χ1n) is 13.5. The van der Waals surface area contributed by atoms with E-state index in [2.05, 4.69) is 54.6 Å². The number of nitrogens with zero attached hydrogens (tertiary/aromatic N) is 1. The van der Waals surface area contributed by atoms with Crippen LogP contribution in [0, 0.1) is 6.92 Å². The van der Waals surface area contributed by atoms with Crippen LogP contribution in [0.15, 0.2) is 79.0 Å². The lowest BCUT2D eigenvalue weighted by Crippen LogP contribution is -2.32. The number of pyridine rings is 1. The Morgan fingerprint density at radius 2 is 1.68 bits per heavy atom. The summed E-state index contributed by atoms with van der Waals surface area (Å²) < 4.78 is 17.1. The summed E-state index contributed by atoms with van der Waals surface area (Å²) in [6.07, 6.45) is 3.90. The summed E-state index contributed by atoms with van der Waals surface area (Å²) in [5.41, 5.74) is 8.21. The number of esters is 1. The molecule has 5 rings (SSSR count). The standard InChI is InChI=1S/C34H35N3O4/c1-21-19-34(3,4)37-29-16-15-25(27(32(21)29)20-36-28-11-7-8-12-30(28)39-5)26-14-13-23(18-31(26)40-6)41-33(38)24-10-9-17-35-22(24)2/h7-19,36-37H,20H2,1-6H3. The second kappa shape index (κ2) is 11.4. The number of para-hydroxylation sites is 2. The van der Waals surface area contributed by atoms with Crippen LogP contribution in [0.2, 0.25) is 0 Å². The van der Waals surface area contributed by atoms with Gasteiger partial charge in [0.25, 0.3) is 0 Å². The SMILES string of the molecule is COc1ccccc1NCc1c(-c2ccc(OC(=O)c3cccnc3C)cc2OC)ccc2c1C(C)=CC(C)(C)N2. The van der Waals surface area contributed by atoms with E-state index in [1.54, 1.807) is 51.6 Å². The van der Waals surface area contributed by atoms with Gasteiger partial charge in [0, 0.05) is 35.6 Å². The predicted octanol–water partition coefficient (Wildman–Crippen LogP) is 7.51. The number of fused-ring (bicyclic) bond motifs is 1. The Labute approximate surface area is 241 Å². The quantitative estimate of drug-likeness (QED) is 0.174. The van der Waals surface area contributed by atoms with Crippen LogP contribution >= 0.6 is 0 Å². The summed E-state index contributed by atoms with van der Waals surface area (Å²) in [5.74, 6) is 1.31. The zero-order valence-electron chi connectivity index (χ0n) is 24.3. The Morgan fingerprint density at radius 1 is 0.927 bits per heavy atom. The Hall–Kier alpha value is -4.78. The van der Waals surface area contributed by atoms with E-state index in [0.717, 1.165) is 39.4 Å². The highest BCUT2D eigenvalue weighted by Crippen LogP contribution is 2.43. The molecule has 0 saturated carbocycles. The number of methoxy groups -OCH3 is 2. The molecule has 1 aliphatic rings. The third-order valence-corrected chi connectivity index (χ3v) is 7.20. The maximum Gasteiger partial charge on any atom is 0.345 e. The highest BCUT2D eigenvalue weighted by molar-refractivity contribution is 5.92. The highest BCUT2D eigenvalue weighted by Gasteiger charge is 2.27. The molecule has 0 spiro atoms. The van der Waals surface area contributed by atoms with Crippen molar-refractivity contribution >= 4 is 22.9 Å². The number of hydrogen-bond donors (Lipinski definition) is 2. The number of aryl methyl sites for hydroxylation is 1. The van der Waals surface area contributed by atoms with Gasteiger partial charge in [-0.05, 0) is 86.9 Å². The molecule has 0 bridgehead atoms. The number of carbonyl (C=O) groups is 1. The molecule has 0 saturated heterocycles. The Morgan fingerprint density at radius 3 is 2.44 bits per heavy atom. The zero-order valence-corrected chi connectivity index (χ0v) is 24.3. The van der Waals surface area contributed by atoms with Crippen molar-refractivity contribution in [2.75, 3.05) is 24.9 Å². The van der Waals surface area contributed by atoms with Crippen molar-refractivity contribution in [1.29, 1.82) is 0 Å². The van der Waals surface area contributed by atoms with Gasteiger partial charge < -0.3 is 24.8 Å². The van der Waals surface area contributed by atoms with Crippen LogP contribution in [-0.2, 0) is 6.54 Å². The van der Waals surface area contributed by atoms with Gasteiger partial charge in [-0.25, -0.2) is 4.79 Å². The average Bonchev–Trinajstić information content (AvgIpc) is 2.95. The molecule has 210 valence electrons. The van der Waals surface area contributed by atoms with E-state index >= 15 is 0 Å². The number of carbonyl (C=O) groups excluding carboxylic acids is 1. The Bertz CT molecular complexity index is 1640. The molecule has 41 heavy (non-hydrogen) atoms. The first-order chi connectivity index (χ1) is 19.7. The fraction of sp³-hybridized carbons (Fsp3) is 0.235. The maximum absolute atomic E-state index is 12.8. The highest BCUT2D eigenvalue weighted by atomic mass is 16.5. The first-order valence-corrected chi connectivity index (χ1v) is 13.5. The van der Waals surface area contributed by atoms with Gasteiger partial charge in [-0.1, -0.05) is 24.3 Å². The van der Waals surface area contributed by atoms with Crippen LogP contribution in [0.3, 0.4) is 0 Å². The molecule has 0 fully saturated rings. The zero-order chi connectivity index (χ0) is 29.1. The molecule has 1 aromatic heterocycles. The third-order valence-electron chi connectivity index (χ3n) is 7.20. The van der Waals surface area contributed by atoms with Gasteiger partial charge in [-0.15, -0.1) is 0 Å². The summed E-state index contributed by atoms with van der Waals surface area (Å²) >= 11 is 0. The monoisotopic (exact) mass is 549 g/mol. The number of hydrogen-bond acceptors (Lipinski definition) is 7. The van der Waals surface area contributed by atoms with Crippen LogP contribution < -0.4 is 24.8 Å². The number of anilines is 2. The number of allylic oxidation sites excluding steroid dienone is 1. The molecule has 3 aromatic carbocycles. The van der Waals surface area contributed by atoms with Gasteiger partial charge in [0.05, 0.1) is 36.7 Å². The molecule has 7 heteroatoms. The van der Waals surface area contributed by atoms with E-state index < -0.39 is 5.97 Å². The lowest BCUT2D eigenvalue weighted by Gasteiger charge is -2.33. The summed E-state index contributed by atoms with van der Waals surface area (Å²) in [6.45, 7) is 8.81. The minimum atomic E-state index is -0.463. The van der Waals surface area contributed by atoms with Gasteiger partial charge in [-0.3, -0.25) is 4.98 Å². The molecule has 0 atom stereocenters. The lowest BCUT2D eigenvalue weighted by atomic mass is 9.85. The van der Waals surface area contributed by atoms with Crippen LogP contribution in [0.5, 0.6) is 17.2 Å². The second-order valence-corrected chi connectivity index (χ2v) is 10.6. The molecule has 0 radical (unpaired) electrons. The van der Waals surface area contributed by atoms with E-state index in [1.165, 1.54) is 5.57 Å². The second-order valence-electron chi connectivity index (χ2n) is 10.6. The molecule has 4 aromatic rings. The van der Waals surface area contributed by atoms with E-state index in [9.17, 15) is 4.79 Å². The molecule has 2 heterocycles. The van der Waals surface area contributed by atoms with Gasteiger partial charge >= 0.3 is 5.97 Å². The number of aromatic nitrogens is 1. The smallest absolute Gasteiger partial charge is 0.345 e. The number of benzene rings is 3. The van der Waals surface area contributed by atoms with Gasteiger partial charge in [0.2, 0.25) is 0 Å². The largest absolute Gasteiger partial charge is 0.496 e. The number of ether oxygens (including phenoxy) is 3. The Kier molecular flexibility index (Phi) is 7.70. The molecule has 7 nitrogen and oxygen atoms in total. The van der Waals surface area contributed by atoms with Crippen LogP contribution in [0.25, 0.3) is 16.7 Å². The maximum atomic E-state index is 12.8. The van der Waals surface area contributed by atoms with Gasteiger partial charge in [0.1, 0.15) is 17.2 Å². The Balaban J connectivity index is 1.56. The normalized spacial score (nSPS) is 13.4. The molecule has 0 amide bonds. The van der Waals surface area contributed by atoms with E-state index in [0.29, 0.717) is 29.3 Å². The minimum Gasteiger partial charge on any atom is -0.496 e. The summed E-state index contributed by atoms with van der Waals surface area (Å²) in [7, 11) is 3.29. The average molecular weight is 550 g/mol. The van der Waals surface area contributed by atoms with Crippen molar-refractivity contribution < 1.29 is 19.0 Å². The fourth-order valence-electron chi connectivity index (χ4n) is 5.43. The predicted molar refractivity (Wildman–Crippen MR) is 164 cm³/mol. The minimum absolute atomic E-state index is 0.165. The first kappa shape index (κ1) is 27.8. The molecule has 1 aliphatic heterocycles. The summed E-state index contributed by atoms with van der Waals surface area (Å²) in [6, 6.07) is 21.0. The topological polar surface area (TPSA) is 81.7 Å². The van der Waals surface area contributed by atoms with Crippen molar-refractivity contribution in [2.45, 2.75) is 39.8 Å². The van der Waals surface area contributed by atoms with Crippen molar-refractivity contribution in [3.05, 3.63) is 101 Å². The molecular weight excluding hydrogens is 514 g/mol. The van der Waals surface area contributed by atoms with Crippen LogP contribution in [0.4, 0.5) is 11.4 Å². The number of nitrogens with one attached hydrogen (secondary N) is 2. The molecule has 2 N–H and O–H groups in total. The van der Waals surface area contributed by atoms with Crippen molar-refractivity contribution in [2.24, 2.45) is 0 Å². The third kappa shape index (κ3) is 5.75. The van der Waals surface area contributed by atoms with E-state index in [1.807, 2.05) is 30.3 Å². The fourth-order valence-corrected chi connectivity index (χ4v) is 5.43. The van der Waals surface area contributed by atoms with Crippen molar-refractivity contribution in [3.63, 3.8) is 0 Å². The summed E-state index contributed by atoms with van der Waals surface area (Å²) in [5, 5.41) is 7.25.